The minimum atomic E-state index is -0.347. The monoisotopic (exact) mass is 349 g/mol. The van der Waals surface area contributed by atoms with E-state index in [0.29, 0.717) is 11.1 Å². The third-order valence-corrected chi connectivity index (χ3v) is 3.76. The molecule has 0 saturated carbocycles. The van der Waals surface area contributed by atoms with Gasteiger partial charge in [0.1, 0.15) is 11.5 Å². The quantitative estimate of drug-likeness (QED) is 0.814. The fraction of sp³-hybridized carbons (Fsp3) is 0.188. The number of hydrogen-bond donors (Lipinski definition) is 2. The van der Waals surface area contributed by atoms with Crippen LogP contribution in [0.5, 0.6) is 11.5 Å². The normalized spacial score (nSPS) is 11.7. The number of carbonyl (C=O) groups excluding carboxylic acids is 1. The molecule has 2 N–H and O–H groups in total. The van der Waals surface area contributed by atoms with Gasteiger partial charge in [-0.2, -0.15) is 0 Å². The van der Waals surface area contributed by atoms with Crippen molar-refractivity contribution < 1.29 is 14.6 Å². The molecule has 5 heteroatoms. The maximum absolute atomic E-state index is 12.3. The van der Waals surface area contributed by atoms with E-state index < -0.39 is 0 Å². The molecule has 1 atom stereocenters. The third-order valence-electron chi connectivity index (χ3n) is 3.11. The standard InChI is InChI=1S/C16H16BrNO3/c1-21-12-7-8-15(19)13(9-12)16(20)18-14(10-17)11-5-3-2-4-6-11/h2-9,14,19H,10H2,1H3,(H,18,20). The van der Waals surface area contributed by atoms with Crippen molar-refractivity contribution in [3.8, 4) is 11.5 Å². The van der Waals surface area contributed by atoms with Gasteiger partial charge in [0, 0.05) is 5.33 Å². The highest BCUT2D eigenvalue weighted by molar-refractivity contribution is 9.09. The van der Waals surface area contributed by atoms with Gasteiger partial charge in [0.2, 0.25) is 0 Å². The van der Waals surface area contributed by atoms with Gasteiger partial charge < -0.3 is 15.2 Å². The molecule has 0 aliphatic heterocycles. The zero-order chi connectivity index (χ0) is 15.2. The molecule has 2 rings (SSSR count). The van der Waals surface area contributed by atoms with E-state index in [-0.39, 0.29) is 23.3 Å². The first kappa shape index (κ1) is 15.4. The van der Waals surface area contributed by atoms with E-state index in [1.165, 1.54) is 19.2 Å². The lowest BCUT2D eigenvalue weighted by Crippen LogP contribution is -2.29. The highest BCUT2D eigenvalue weighted by Crippen LogP contribution is 2.24. The number of nitrogens with one attached hydrogen (secondary N) is 1. The minimum Gasteiger partial charge on any atom is -0.507 e. The number of benzene rings is 2. The molecule has 110 valence electrons. The Kier molecular flexibility index (Phi) is 5.22. The van der Waals surface area contributed by atoms with E-state index in [4.69, 9.17) is 4.74 Å². The number of methoxy groups -OCH3 is 1. The maximum Gasteiger partial charge on any atom is 0.255 e. The smallest absolute Gasteiger partial charge is 0.255 e. The lowest BCUT2D eigenvalue weighted by molar-refractivity contribution is 0.0937. The molecule has 0 aromatic heterocycles. The Morgan fingerprint density at radius 3 is 2.62 bits per heavy atom. The van der Waals surface area contributed by atoms with Crippen molar-refractivity contribution in [2.24, 2.45) is 0 Å². The zero-order valence-electron chi connectivity index (χ0n) is 11.5. The first-order valence-electron chi connectivity index (χ1n) is 6.44. The van der Waals surface area contributed by atoms with Gasteiger partial charge in [0.05, 0.1) is 18.7 Å². The van der Waals surface area contributed by atoms with Crippen molar-refractivity contribution in [1.82, 2.24) is 5.32 Å². The lowest BCUT2D eigenvalue weighted by atomic mass is 10.1. The minimum absolute atomic E-state index is 0.0744. The number of ether oxygens (including phenoxy) is 1. The van der Waals surface area contributed by atoms with Crippen LogP contribution in [0.4, 0.5) is 0 Å². The van der Waals surface area contributed by atoms with Crippen LogP contribution in [-0.4, -0.2) is 23.5 Å². The average molecular weight is 350 g/mol. The molecule has 0 fully saturated rings. The van der Waals surface area contributed by atoms with Gasteiger partial charge in [-0.1, -0.05) is 46.3 Å². The molecule has 0 saturated heterocycles. The Morgan fingerprint density at radius 1 is 1.29 bits per heavy atom. The summed E-state index contributed by atoms with van der Waals surface area (Å²) in [5.74, 6) is 0.0995. The summed E-state index contributed by atoms with van der Waals surface area (Å²) in [7, 11) is 1.51. The van der Waals surface area contributed by atoms with Crippen LogP contribution in [0.15, 0.2) is 48.5 Å². The van der Waals surface area contributed by atoms with Crippen LogP contribution >= 0.6 is 15.9 Å². The summed E-state index contributed by atoms with van der Waals surface area (Å²) < 4.78 is 5.08. The molecular formula is C16H16BrNO3. The molecule has 2 aromatic rings. The average Bonchev–Trinajstić information content (AvgIpc) is 2.53. The van der Waals surface area contributed by atoms with E-state index in [2.05, 4.69) is 21.2 Å². The summed E-state index contributed by atoms with van der Waals surface area (Å²) in [6.07, 6.45) is 0. The molecule has 2 aromatic carbocycles. The summed E-state index contributed by atoms with van der Waals surface area (Å²) >= 11 is 3.40. The van der Waals surface area contributed by atoms with Crippen molar-refractivity contribution >= 4 is 21.8 Å². The van der Waals surface area contributed by atoms with Crippen LogP contribution in [0.1, 0.15) is 22.0 Å². The summed E-state index contributed by atoms with van der Waals surface area (Å²) in [4.78, 5) is 12.3. The van der Waals surface area contributed by atoms with Crippen LogP contribution in [0.25, 0.3) is 0 Å². The fourth-order valence-electron chi connectivity index (χ4n) is 1.96. The number of alkyl halides is 1. The predicted octanol–water partition coefficient (Wildman–Crippen LogP) is 3.27. The number of phenolic OH excluding ortho intramolecular Hbond substituents is 1. The second kappa shape index (κ2) is 7.13. The molecule has 1 amide bonds. The van der Waals surface area contributed by atoms with Crippen LogP contribution in [-0.2, 0) is 0 Å². The summed E-state index contributed by atoms with van der Waals surface area (Å²) in [6, 6.07) is 14.0. The third kappa shape index (κ3) is 3.76. The number of phenols is 1. The highest BCUT2D eigenvalue weighted by Gasteiger charge is 2.17. The number of carbonyl (C=O) groups is 1. The molecule has 0 radical (unpaired) electrons. The Morgan fingerprint density at radius 2 is 2.00 bits per heavy atom. The van der Waals surface area contributed by atoms with E-state index in [0.717, 1.165) is 5.56 Å². The predicted molar refractivity (Wildman–Crippen MR) is 85.1 cm³/mol. The first-order chi connectivity index (χ1) is 10.2. The van der Waals surface area contributed by atoms with Crippen molar-refractivity contribution in [3.63, 3.8) is 0 Å². The van der Waals surface area contributed by atoms with E-state index >= 15 is 0 Å². The van der Waals surface area contributed by atoms with Gasteiger partial charge in [-0.25, -0.2) is 0 Å². The van der Waals surface area contributed by atoms with Crippen molar-refractivity contribution in [3.05, 3.63) is 59.7 Å². The Bertz CT molecular complexity index is 616. The Labute approximate surface area is 131 Å². The summed E-state index contributed by atoms with van der Waals surface area (Å²) in [5.41, 5.74) is 1.18. The van der Waals surface area contributed by atoms with Gasteiger partial charge in [-0.3, -0.25) is 4.79 Å². The number of hydrogen-bond acceptors (Lipinski definition) is 3. The number of aromatic hydroxyl groups is 1. The van der Waals surface area contributed by atoms with E-state index in [9.17, 15) is 9.90 Å². The molecular weight excluding hydrogens is 334 g/mol. The lowest BCUT2D eigenvalue weighted by Gasteiger charge is -2.17. The van der Waals surface area contributed by atoms with Crippen LogP contribution in [0.3, 0.4) is 0 Å². The van der Waals surface area contributed by atoms with Crippen LogP contribution in [0, 0.1) is 0 Å². The number of amides is 1. The van der Waals surface area contributed by atoms with Gasteiger partial charge in [0.15, 0.2) is 0 Å². The van der Waals surface area contributed by atoms with Crippen molar-refractivity contribution in [2.45, 2.75) is 6.04 Å². The topological polar surface area (TPSA) is 58.6 Å². The highest BCUT2D eigenvalue weighted by atomic mass is 79.9. The van der Waals surface area contributed by atoms with E-state index in [1.54, 1.807) is 6.07 Å². The van der Waals surface area contributed by atoms with Gasteiger partial charge in [-0.15, -0.1) is 0 Å². The van der Waals surface area contributed by atoms with E-state index in [1.807, 2.05) is 30.3 Å². The molecule has 0 aliphatic rings. The molecule has 0 bridgehead atoms. The molecule has 21 heavy (non-hydrogen) atoms. The SMILES string of the molecule is COc1ccc(O)c(C(=O)NC(CBr)c2ccccc2)c1. The number of halogens is 1. The summed E-state index contributed by atoms with van der Waals surface area (Å²) in [6.45, 7) is 0. The zero-order valence-corrected chi connectivity index (χ0v) is 13.1. The Balaban J connectivity index is 2.20. The van der Waals surface area contributed by atoms with Gasteiger partial charge >= 0.3 is 0 Å². The molecule has 1 unspecified atom stereocenters. The second-order valence-electron chi connectivity index (χ2n) is 4.47. The molecule has 4 nitrogen and oxygen atoms in total. The molecule has 0 spiro atoms. The largest absolute Gasteiger partial charge is 0.507 e. The van der Waals surface area contributed by atoms with Crippen LogP contribution < -0.4 is 10.1 Å². The van der Waals surface area contributed by atoms with Crippen molar-refractivity contribution in [2.75, 3.05) is 12.4 Å². The van der Waals surface area contributed by atoms with Crippen LogP contribution in [0.2, 0.25) is 0 Å². The summed E-state index contributed by atoms with van der Waals surface area (Å²) in [5, 5.41) is 13.3. The maximum atomic E-state index is 12.3. The second-order valence-corrected chi connectivity index (χ2v) is 5.12. The Hall–Kier alpha value is -2.01. The van der Waals surface area contributed by atoms with Crippen molar-refractivity contribution in [1.29, 1.82) is 0 Å². The fourth-order valence-corrected chi connectivity index (χ4v) is 2.49. The van der Waals surface area contributed by atoms with Gasteiger partial charge in [0.25, 0.3) is 5.91 Å². The number of rotatable bonds is 5. The first-order valence-corrected chi connectivity index (χ1v) is 7.56. The molecule has 0 heterocycles. The van der Waals surface area contributed by atoms with Gasteiger partial charge in [-0.05, 0) is 23.8 Å². The molecule has 0 aliphatic carbocycles.